The molecule has 1 amide bonds. The van der Waals surface area contributed by atoms with Gasteiger partial charge in [0.1, 0.15) is 5.69 Å². The molecule has 0 aliphatic carbocycles. The molecule has 14 N–H and O–H groups in total. The quantitative estimate of drug-likeness (QED) is 0.0313. The van der Waals surface area contributed by atoms with Crippen molar-refractivity contribution < 1.29 is 53.5 Å². The van der Waals surface area contributed by atoms with Gasteiger partial charge in [0.05, 0.1) is 31.8 Å². The number of rotatable bonds is 33. The Morgan fingerprint density at radius 3 is 1.24 bits per heavy atom. The van der Waals surface area contributed by atoms with E-state index < -0.39 is 28.7 Å². The van der Waals surface area contributed by atoms with Gasteiger partial charge in [-0.1, -0.05) is 12.1 Å². The van der Waals surface area contributed by atoms with Gasteiger partial charge >= 0.3 is 5.97 Å². The number of hydrogen-bond acceptors (Lipinski definition) is 17. The lowest BCUT2D eigenvalue weighted by Gasteiger charge is -2.33. The Morgan fingerprint density at radius 2 is 0.864 bits per heavy atom. The van der Waals surface area contributed by atoms with Crippen molar-refractivity contribution in [3.05, 3.63) is 68.5 Å². The number of amides is 1. The summed E-state index contributed by atoms with van der Waals surface area (Å²) in [6, 6.07) is 7.42. The van der Waals surface area contributed by atoms with E-state index in [0.29, 0.717) is 130 Å². The zero-order valence-electron chi connectivity index (χ0n) is 34.3. The van der Waals surface area contributed by atoms with Crippen LogP contribution < -0.4 is 45.1 Å². The lowest BCUT2D eigenvalue weighted by atomic mass is 9.92. The Hall–Kier alpha value is -4.00. The van der Waals surface area contributed by atoms with Crippen LogP contribution >= 0.6 is 0 Å². The third-order valence-corrected chi connectivity index (χ3v) is 7.74. The van der Waals surface area contributed by atoms with Crippen molar-refractivity contribution in [2.75, 3.05) is 119 Å². The number of carbonyl (C=O) groups excluding carboxylic acids is 1. The van der Waals surface area contributed by atoms with Crippen LogP contribution in [-0.4, -0.2) is 155 Å². The maximum absolute atomic E-state index is 11.8. The predicted molar refractivity (Wildman–Crippen MR) is 220 cm³/mol. The number of pyridine rings is 2. The molecule has 0 spiro atoms. The lowest BCUT2D eigenvalue weighted by Crippen LogP contribution is -2.42. The molecular formula is C38H70N8O13. The number of nitrogens with two attached hydrogens (primary N) is 5. The molecule has 21 nitrogen and oxygen atoms in total. The van der Waals surface area contributed by atoms with Gasteiger partial charge in [-0.15, -0.1) is 9.46 Å². The first kappa shape index (κ1) is 55.0. The molecule has 0 atom stereocenters. The Morgan fingerprint density at radius 1 is 0.525 bits per heavy atom. The van der Waals surface area contributed by atoms with Gasteiger partial charge in [0.25, 0.3) is 17.0 Å². The molecule has 21 heteroatoms. The second-order valence-corrected chi connectivity index (χ2v) is 13.0. The average molecular weight is 847 g/mol. The van der Waals surface area contributed by atoms with E-state index in [9.17, 15) is 24.4 Å². The van der Waals surface area contributed by atoms with E-state index in [-0.39, 0.29) is 15.8 Å². The first-order valence-electron chi connectivity index (χ1n) is 19.8. The smallest absolute Gasteiger partial charge is 0.356 e. The minimum absolute atomic E-state index is 0.0856. The summed E-state index contributed by atoms with van der Waals surface area (Å²) in [5, 5.41) is 29.2. The minimum Gasteiger partial charge on any atom is -0.476 e. The number of carboxylic acid groups (broad SMARTS) is 1. The highest BCUT2D eigenvalue weighted by atomic mass is 16.5. The minimum atomic E-state index is -1.34. The van der Waals surface area contributed by atoms with Crippen molar-refractivity contribution in [3.8, 4) is 0 Å². The molecule has 0 radical (unpaired) electrons. The molecule has 0 bridgehead atoms. The summed E-state index contributed by atoms with van der Waals surface area (Å²) in [6.45, 7) is 10.4. The van der Waals surface area contributed by atoms with E-state index >= 15 is 0 Å². The van der Waals surface area contributed by atoms with Gasteiger partial charge in [0, 0.05) is 71.5 Å². The highest BCUT2D eigenvalue weighted by molar-refractivity contribution is 5.92. The summed E-state index contributed by atoms with van der Waals surface area (Å²) in [6.07, 6.45) is 5.63. The summed E-state index contributed by atoms with van der Waals surface area (Å²) in [5.41, 5.74) is 25.2. The largest absolute Gasteiger partial charge is 0.476 e. The van der Waals surface area contributed by atoms with E-state index in [1.165, 1.54) is 24.3 Å². The number of carboxylic acids is 1. The summed E-state index contributed by atoms with van der Waals surface area (Å²) >= 11 is 0. The molecule has 0 aliphatic rings. The SMILES string of the molecule is NCCCOCC(COCCCN)(COCCCN)COCCCN.NCCCOCCCOCCCNC(=O)c1cccc(=O)n1O.O=C(O)c1cccc(=O)n1O. The summed E-state index contributed by atoms with van der Waals surface area (Å²) in [5.74, 6) is -1.84. The zero-order chi connectivity index (χ0) is 44.0. The van der Waals surface area contributed by atoms with Crippen molar-refractivity contribution in [2.45, 2.75) is 44.9 Å². The lowest BCUT2D eigenvalue weighted by molar-refractivity contribution is -0.107. The monoisotopic (exact) mass is 847 g/mol. The molecule has 0 saturated heterocycles. The topological polar surface area (TPSA) is 336 Å². The molecule has 59 heavy (non-hydrogen) atoms. The Labute approximate surface area is 345 Å². The molecule has 0 fully saturated rings. The summed E-state index contributed by atoms with van der Waals surface area (Å²) in [7, 11) is 0. The molecule has 2 rings (SSSR count). The number of carbonyl (C=O) groups is 2. The number of nitrogens with zero attached hydrogens (tertiary/aromatic N) is 2. The number of aromatic carboxylic acids is 1. The number of ether oxygens (including phenoxy) is 6. The molecular weight excluding hydrogens is 776 g/mol. The van der Waals surface area contributed by atoms with Crippen molar-refractivity contribution in [2.24, 2.45) is 34.1 Å². The maximum atomic E-state index is 11.8. The van der Waals surface area contributed by atoms with Crippen LogP contribution in [-0.2, 0) is 28.4 Å². The van der Waals surface area contributed by atoms with Crippen molar-refractivity contribution >= 4 is 11.9 Å². The fourth-order valence-corrected chi connectivity index (χ4v) is 4.56. The zero-order valence-corrected chi connectivity index (χ0v) is 34.3. The molecule has 2 aromatic rings. The Bertz CT molecular complexity index is 1410. The standard InChI is InChI=1S/C17H40N4O4.C15H25N3O5.C6H5NO4/c18-5-1-9-22-13-17(14-23-10-2-6-19,15-24-11-3-7-20)16-25-12-4-8-21;16-7-2-9-22-11-4-12-23-10-3-8-17-15(20)13-5-1-6-14(19)18(13)21;8-5-3-1-2-4(6(9)10)7(5)11/h1-16,18-21H2;1,5-6,21H,2-4,7-12,16H2,(H,17,20);1-3,11H,(H,9,10). The highest BCUT2D eigenvalue weighted by Gasteiger charge is 2.32. The van der Waals surface area contributed by atoms with Crippen LogP contribution in [0, 0.1) is 5.41 Å². The van der Waals surface area contributed by atoms with Crippen LogP contribution in [0.5, 0.6) is 0 Å². The van der Waals surface area contributed by atoms with Crippen LogP contribution in [0.15, 0.2) is 46.0 Å². The number of aromatic nitrogens is 2. The third-order valence-electron chi connectivity index (χ3n) is 7.74. The van der Waals surface area contributed by atoms with Gasteiger partial charge in [-0.3, -0.25) is 14.4 Å². The summed E-state index contributed by atoms with van der Waals surface area (Å²) < 4.78 is 34.4. The fraction of sp³-hybridized carbons (Fsp3) is 0.684. The van der Waals surface area contributed by atoms with Gasteiger partial charge in [-0.2, -0.15) is 0 Å². The first-order chi connectivity index (χ1) is 28.5. The predicted octanol–water partition coefficient (Wildman–Crippen LogP) is -0.804. The van der Waals surface area contributed by atoms with Gasteiger partial charge in [0.15, 0.2) is 5.69 Å². The molecule has 340 valence electrons. The molecule has 0 aliphatic heterocycles. The second kappa shape index (κ2) is 37.0. The second-order valence-electron chi connectivity index (χ2n) is 13.0. The van der Waals surface area contributed by atoms with Gasteiger partial charge in [0.2, 0.25) is 0 Å². The third kappa shape index (κ3) is 27.4. The van der Waals surface area contributed by atoms with E-state index in [4.69, 9.17) is 67.4 Å². The van der Waals surface area contributed by atoms with Crippen LogP contribution in [0.2, 0.25) is 0 Å². The first-order valence-corrected chi connectivity index (χ1v) is 19.8. The molecule has 2 heterocycles. The van der Waals surface area contributed by atoms with Crippen molar-refractivity contribution in [1.29, 1.82) is 0 Å². The normalized spacial score (nSPS) is 11.0. The maximum Gasteiger partial charge on any atom is 0.356 e. The Balaban J connectivity index is 0.000000913. The van der Waals surface area contributed by atoms with Crippen LogP contribution in [0.3, 0.4) is 0 Å². The molecule has 0 aromatic carbocycles. The van der Waals surface area contributed by atoms with Crippen LogP contribution in [0.25, 0.3) is 0 Å². The van der Waals surface area contributed by atoms with Gasteiger partial charge < -0.3 is 77.9 Å². The molecule has 2 aromatic heterocycles. The number of nitrogens with one attached hydrogen (secondary N) is 1. The van der Waals surface area contributed by atoms with Crippen molar-refractivity contribution in [1.82, 2.24) is 14.8 Å². The van der Waals surface area contributed by atoms with E-state index in [1.807, 2.05) is 0 Å². The van der Waals surface area contributed by atoms with Gasteiger partial charge in [-0.25, -0.2) is 4.79 Å². The summed E-state index contributed by atoms with van der Waals surface area (Å²) in [4.78, 5) is 43.8. The van der Waals surface area contributed by atoms with E-state index in [2.05, 4.69) is 5.32 Å². The molecule has 0 saturated carbocycles. The number of hydrogen-bond donors (Lipinski definition) is 9. The van der Waals surface area contributed by atoms with Crippen LogP contribution in [0.4, 0.5) is 0 Å². The van der Waals surface area contributed by atoms with Gasteiger partial charge in [-0.05, 0) is 89.8 Å². The average Bonchev–Trinajstić information content (AvgIpc) is 3.23. The molecule has 0 unspecified atom stereocenters. The Kier molecular flexibility index (Phi) is 34.5. The van der Waals surface area contributed by atoms with Crippen LogP contribution in [0.1, 0.15) is 65.9 Å². The van der Waals surface area contributed by atoms with Crippen molar-refractivity contribution in [3.63, 3.8) is 0 Å². The van der Waals surface area contributed by atoms with E-state index in [1.54, 1.807) is 0 Å². The fourth-order valence-electron chi connectivity index (χ4n) is 4.56. The highest BCUT2D eigenvalue weighted by Crippen LogP contribution is 2.21. The van der Waals surface area contributed by atoms with E-state index in [0.717, 1.165) is 50.7 Å².